The Morgan fingerprint density at radius 1 is 0.926 bits per heavy atom. The lowest BCUT2D eigenvalue weighted by Crippen LogP contribution is -1.99. The Kier molecular flexibility index (Phi) is 6.18. The van der Waals surface area contributed by atoms with Gasteiger partial charge in [0.25, 0.3) is 0 Å². The van der Waals surface area contributed by atoms with Crippen LogP contribution in [0.15, 0.2) is 60.8 Å². The van der Waals surface area contributed by atoms with E-state index in [-0.39, 0.29) is 5.78 Å². The summed E-state index contributed by atoms with van der Waals surface area (Å²) in [6.07, 6.45) is 5.61. The molecule has 1 aromatic heterocycles. The van der Waals surface area contributed by atoms with Crippen LogP contribution >= 0.6 is 0 Å². The fourth-order valence-electron chi connectivity index (χ4n) is 3.36. The summed E-state index contributed by atoms with van der Waals surface area (Å²) in [5.74, 6) is 0.194. The van der Waals surface area contributed by atoms with E-state index in [1.165, 1.54) is 17.5 Å². The SMILES string of the molecule is CCCc1ccc(Cc2ccc(-c3ccc(CC(C)=O)c(C)c3)cn2)cc1. The lowest BCUT2D eigenvalue weighted by atomic mass is 9.98. The second kappa shape index (κ2) is 8.77. The number of pyridine rings is 1. The average Bonchev–Trinajstić information content (AvgIpc) is 2.66. The molecule has 3 aromatic rings. The van der Waals surface area contributed by atoms with E-state index in [2.05, 4.69) is 73.4 Å². The Hall–Kier alpha value is -2.74. The molecule has 0 bridgehead atoms. The molecule has 2 heteroatoms. The van der Waals surface area contributed by atoms with E-state index in [1.54, 1.807) is 6.92 Å². The van der Waals surface area contributed by atoms with Crippen molar-refractivity contribution in [3.8, 4) is 11.1 Å². The predicted octanol–water partition coefficient (Wildman–Crippen LogP) is 5.73. The number of ketones is 1. The van der Waals surface area contributed by atoms with Crippen molar-refractivity contribution < 1.29 is 4.79 Å². The van der Waals surface area contributed by atoms with Gasteiger partial charge in [-0.15, -0.1) is 0 Å². The Morgan fingerprint density at radius 3 is 2.22 bits per heavy atom. The molecule has 0 aliphatic rings. The maximum absolute atomic E-state index is 11.3. The topological polar surface area (TPSA) is 30.0 Å². The number of aryl methyl sites for hydroxylation is 2. The molecule has 27 heavy (non-hydrogen) atoms. The molecule has 138 valence electrons. The number of aromatic nitrogens is 1. The summed E-state index contributed by atoms with van der Waals surface area (Å²) in [4.78, 5) is 16.0. The quantitative estimate of drug-likeness (QED) is 0.540. The third-order valence-electron chi connectivity index (χ3n) is 4.89. The molecule has 0 N–H and O–H groups in total. The van der Waals surface area contributed by atoms with E-state index >= 15 is 0 Å². The van der Waals surface area contributed by atoms with Crippen LogP contribution in [0.1, 0.15) is 48.2 Å². The molecule has 0 fully saturated rings. The molecule has 0 saturated heterocycles. The highest BCUT2D eigenvalue weighted by Crippen LogP contribution is 2.23. The smallest absolute Gasteiger partial charge is 0.134 e. The molecule has 0 atom stereocenters. The lowest BCUT2D eigenvalue weighted by Gasteiger charge is -2.09. The van der Waals surface area contributed by atoms with Gasteiger partial charge in [-0.1, -0.05) is 61.9 Å². The number of carbonyl (C=O) groups is 1. The predicted molar refractivity (Wildman–Crippen MR) is 112 cm³/mol. The molecule has 0 amide bonds. The number of rotatable bonds is 7. The molecule has 0 unspecified atom stereocenters. The van der Waals surface area contributed by atoms with Gasteiger partial charge in [0.2, 0.25) is 0 Å². The minimum atomic E-state index is 0.194. The van der Waals surface area contributed by atoms with Crippen LogP contribution in [0.4, 0.5) is 0 Å². The van der Waals surface area contributed by atoms with Crippen LogP contribution in [-0.4, -0.2) is 10.8 Å². The second-order valence-corrected chi connectivity index (χ2v) is 7.30. The number of benzene rings is 2. The summed E-state index contributed by atoms with van der Waals surface area (Å²) < 4.78 is 0. The monoisotopic (exact) mass is 357 g/mol. The first-order valence-electron chi connectivity index (χ1n) is 9.67. The molecular formula is C25H27NO. The highest BCUT2D eigenvalue weighted by molar-refractivity contribution is 5.79. The van der Waals surface area contributed by atoms with Gasteiger partial charge >= 0.3 is 0 Å². The maximum Gasteiger partial charge on any atom is 0.134 e. The molecule has 0 spiro atoms. The van der Waals surface area contributed by atoms with Crippen LogP contribution in [0.25, 0.3) is 11.1 Å². The second-order valence-electron chi connectivity index (χ2n) is 7.30. The number of carbonyl (C=O) groups excluding carboxylic acids is 1. The van der Waals surface area contributed by atoms with Gasteiger partial charge in [-0.05, 0) is 54.2 Å². The van der Waals surface area contributed by atoms with Crippen LogP contribution in [0.5, 0.6) is 0 Å². The van der Waals surface area contributed by atoms with Crippen molar-refractivity contribution in [2.75, 3.05) is 0 Å². The van der Waals surface area contributed by atoms with Crippen LogP contribution in [0, 0.1) is 6.92 Å². The normalized spacial score (nSPS) is 10.8. The summed E-state index contributed by atoms with van der Waals surface area (Å²) in [6.45, 7) is 5.90. The van der Waals surface area contributed by atoms with Gasteiger partial charge in [-0.3, -0.25) is 9.78 Å². The van der Waals surface area contributed by atoms with E-state index in [4.69, 9.17) is 0 Å². The Balaban J connectivity index is 1.71. The molecule has 1 heterocycles. The Morgan fingerprint density at radius 2 is 1.63 bits per heavy atom. The van der Waals surface area contributed by atoms with Gasteiger partial charge in [0.05, 0.1) is 0 Å². The van der Waals surface area contributed by atoms with Gasteiger partial charge in [-0.25, -0.2) is 0 Å². The zero-order chi connectivity index (χ0) is 19.2. The summed E-state index contributed by atoms with van der Waals surface area (Å²) in [5.41, 5.74) is 8.26. The van der Waals surface area contributed by atoms with Crippen LogP contribution in [0.3, 0.4) is 0 Å². The van der Waals surface area contributed by atoms with Crippen LogP contribution < -0.4 is 0 Å². The Labute approximate surface area is 162 Å². The van der Waals surface area contributed by atoms with E-state index in [9.17, 15) is 4.79 Å². The highest BCUT2D eigenvalue weighted by Gasteiger charge is 2.06. The van der Waals surface area contributed by atoms with Crippen LogP contribution in [0.2, 0.25) is 0 Å². The van der Waals surface area contributed by atoms with Crippen LogP contribution in [-0.2, 0) is 24.1 Å². The molecule has 0 saturated carbocycles. The summed E-state index contributed by atoms with van der Waals surface area (Å²) >= 11 is 0. The van der Waals surface area contributed by atoms with E-state index in [0.717, 1.165) is 40.8 Å². The maximum atomic E-state index is 11.3. The number of Topliss-reactive ketones (excluding diaryl/α,β-unsaturated/α-hetero) is 1. The molecular weight excluding hydrogens is 330 g/mol. The summed E-state index contributed by atoms with van der Waals surface area (Å²) in [7, 11) is 0. The van der Waals surface area contributed by atoms with Crippen molar-refractivity contribution >= 4 is 5.78 Å². The van der Waals surface area contributed by atoms with Gasteiger partial charge in [0, 0.05) is 30.3 Å². The van der Waals surface area contributed by atoms with Crippen molar-refractivity contribution in [2.24, 2.45) is 0 Å². The van der Waals surface area contributed by atoms with Gasteiger partial charge in [-0.2, -0.15) is 0 Å². The fourth-order valence-corrected chi connectivity index (χ4v) is 3.36. The van der Waals surface area contributed by atoms with Gasteiger partial charge < -0.3 is 0 Å². The minimum absolute atomic E-state index is 0.194. The van der Waals surface area contributed by atoms with E-state index in [0.29, 0.717) is 6.42 Å². The molecule has 0 aliphatic heterocycles. The largest absolute Gasteiger partial charge is 0.300 e. The number of hydrogen-bond donors (Lipinski definition) is 0. The summed E-state index contributed by atoms with van der Waals surface area (Å²) in [6, 6.07) is 19.4. The first-order valence-corrected chi connectivity index (χ1v) is 9.67. The molecule has 2 aromatic carbocycles. The number of hydrogen-bond acceptors (Lipinski definition) is 2. The van der Waals surface area contributed by atoms with Gasteiger partial charge in [0.1, 0.15) is 5.78 Å². The number of nitrogens with zero attached hydrogens (tertiary/aromatic N) is 1. The highest BCUT2D eigenvalue weighted by atomic mass is 16.1. The molecule has 0 radical (unpaired) electrons. The lowest BCUT2D eigenvalue weighted by molar-refractivity contribution is -0.116. The molecule has 0 aliphatic carbocycles. The fraction of sp³-hybridized carbons (Fsp3) is 0.280. The zero-order valence-corrected chi connectivity index (χ0v) is 16.5. The van der Waals surface area contributed by atoms with E-state index in [1.807, 2.05) is 6.20 Å². The van der Waals surface area contributed by atoms with Crippen molar-refractivity contribution in [2.45, 2.75) is 46.5 Å². The first-order chi connectivity index (χ1) is 13.0. The zero-order valence-electron chi connectivity index (χ0n) is 16.5. The Bertz CT molecular complexity index is 908. The van der Waals surface area contributed by atoms with Crippen molar-refractivity contribution in [1.82, 2.24) is 4.98 Å². The average molecular weight is 357 g/mol. The van der Waals surface area contributed by atoms with Crippen molar-refractivity contribution in [3.63, 3.8) is 0 Å². The third-order valence-corrected chi connectivity index (χ3v) is 4.89. The van der Waals surface area contributed by atoms with Crippen molar-refractivity contribution in [1.29, 1.82) is 0 Å². The summed E-state index contributed by atoms with van der Waals surface area (Å²) in [5, 5.41) is 0. The van der Waals surface area contributed by atoms with Crippen molar-refractivity contribution in [3.05, 3.63) is 88.7 Å². The van der Waals surface area contributed by atoms with Gasteiger partial charge in [0.15, 0.2) is 0 Å². The molecule has 2 nitrogen and oxygen atoms in total. The standard InChI is InChI=1S/C25H27NO/c1-4-5-20-6-8-21(9-7-20)16-25-13-12-24(17-26-25)23-11-10-22(15-19(3)27)18(2)14-23/h6-14,17H,4-5,15-16H2,1-3H3. The first kappa shape index (κ1) is 19.0. The third kappa shape index (κ3) is 5.13. The van der Waals surface area contributed by atoms with E-state index < -0.39 is 0 Å². The minimum Gasteiger partial charge on any atom is -0.300 e. The molecule has 3 rings (SSSR count).